The maximum absolute atomic E-state index is 11.3. The van der Waals surface area contributed by atoms with Gasteiger partial charge in [0.05, 0.1) is 12.0 Å². The zero-order chi connectivity index (χ0) is 14.3. The number of nitro groups is 1. The highest BCUT2D eigenvalue weighted by molar-refractivity contribution is 5.64. The molecule has 8 heteroatoms. The third-order valence-electron chi connectivity index (χ3n) is 4.16. The van der Waals surface area contributed by atoms with Gasteiger partial charge in [-0.05, 0) is 25.7 Å². The fourth-order valence-corrected chi connectivity index (χ4v) is 3.42. The van der Waals surface area contributed by atoms with Crippen molar-refractivity contribution in [3.05, 3.63) is 16.4 Å². The van der Waals surface area contributed by atoms with Crippen molar-refractivity contribution in [1.82, 2.24) is 9.97 Å². The third kappa shape index (κ3) is 1.96. The standard InChI is InChI=1S/C12H17N5O3/c1-20-12-10(17(18)19)11(14-6-15-12)16-8-2-3-9(16)5-7(13)4-8/h6-9H,2-5,13H2,1H3. The molecular weight excluding hydrogens is 262 g/mol. The average molecular weight is 279 g/mol. The number of nitrogens with zero attached hydrogens (tertiary/aromatic N) is 4. The molecular formula is C12H17N5O3. The van der Waals surface area contributed by atoms with Gasteiger partial charge in [-0.3, -0.25) is 10.1 Å². The minimum absolute atomic E-state index is 0.00859. The first-order chi connectivity index (χ1) is 9.61. The van der Waals surface area contributed by atoms with Gasteiger partial charge in [-0.1, -0.05) is 0 Å². The largest absolute Gasteiger partial charge is 0.476 e. The van der Waals surface area contributed by atoms with Gasteiger partial charge < -0.3 is 15.4 Å². The molecule has 20 heavy (non-hydrogen) atoms. The second-order valence-corrected chi connectivity index (χ2v) is 5.34. The smallest absolute Gasteiger partial charge is 0.372 e. The Balaban J connectivity index is 2.05. The number of methoxy groups -OCH3 is 1. The Labute approximate surface area is 116 Å². The minimum atomic E-state index is -0.470. The molecule has 2 saturated heterocycles. The van der Waals surface area contributed by atoms with Gasteiger partial charge in [0.25, 0.3) is 5.88 Å². The van der Waals surface area contributed by atoms with Gasteiger partial charge in [-0.2, -0.15) is 4.98 Å². The molecule has 2 atom stereocenters. The Bertz CT molecular complexity index is 524. The monoisotopic (exact) mass is 279 g/mol. The predicted octanol–water partition coefficient (Wildman–Crippen LogP) is 0.852. The normalized spacial score (nSPS) is 28.5. The maximum atomic E-state index is 11.3. The summed E-state index contributed by atoms with van der Waals surface area (Å²) in [5, 5.41) is 11.3. The lowest BCUT2D eigenvalue weighted by Gasteiger charge is -2.38. The number of ether oxygens (including phenoxy) is 1. The Morgan fingerprint density at radius 3 is 2.60 bits per heavy atom. The van der Waals surface area contributed by atoms with E-state index < -0.39 is 4.92 Å². The van der Waals surface area contributed by atoms with Gasteiger partial charge in [0, 0.05) is 18.1 Å². The van der Waals surface area contributed by atoms with Crippen LogP contribution in [0.2, 0.25) is 0 Å². The van der Waals surface area contributed by atoms with Crippen molar-refractivity contribution in [3.8, 4) is 5.88 Å². The summed E-state index contributed by atoms with van der Waals surface area (Å²) in [5.74, 6) is 0.371. The van der Waals surface area contributed by atoms with Crippen molar-refractivity contribution in [3.63, 3.8) is 0 Å². The molecule has 3 rings (SSSR count). The van der Waals surface area contributed by atoms with Crippen LogP contribution >= 0.6 is 0 Å². The van der Waals surface area contributed by atoms with Crippen LogP contribution in [0.25, 0.3) is 0 Å². The summed E-state index contributed by atoms with van der Waals surface area (Å²) in [6, 6.07) is 0.621. The molecule has 0 amide bonds. The van der Waals surface area contributed by atoms with Crippen molar-refractivity contribution in [2.75, 3.05) is 12.0 Å². The van der Waals surface area contributed by atoms with E-state index >= 15 is 0 Å². The number of nitrogens with two attached hydrogens (primary N) is 1. The summed E-state index contributed by atoms with van der Waals surface area (Å²) < 4.78 is 5.01. The van der Waals surface area contributed by atoms with E-state index in [1.165, 1.54) is 13.4 Å². The number of hydrogen-bond donors (Lipinski definition) is 1. The highest BCUT2D eigenvalue weighted by Crippen LogP contribution is 2.43. The molecule has 3 heterocycles. The fourth-order valence-electron chi connectivity index (χ4n) is 3.42. The summed E-state index contributed by atoms with van der Waals surface area (Å²) in [4.78, 5) is 20.9. The molecule has 108 valence electrons. The number of anilines is 1. The van der Waals surface area contributed by atoms with Crippen LogP contribution in [-0.2, 0) is 0 Å². The van der Waals surface area contributed by atoms with E-state index in [9.17, 15) is 10.1 Å². The lowest BCUT2D eigenvalue weighted by molar-refractivity contribution is -0.385. The molecule has 8 nitrogen and oxygen atoms in total. The molecule has 0 aromatic carbocycles. The van der Waals surface area contributed by atoms with Crippen molar-refractivity contribution < 1.29 is 9.66 Å². The number of aromatic nitrogens is 2. The first-order valence-corrected chi connectivity index (χ1v) is 6.69. The van der Waals surface area contributed by atoms with Crippen molar-refractivity contribution in [2.24, 2.45) is 5.73 Å². The summed E-state index contributed by atoms with van der Waals surface area (Å²) in [6.07, 6.45) is 5.01. The topological polar surface area (TPSA) is 107 Å². The first kappa shape index (κ1) is 13.0. The zero-order valence-corrected chi connectivity index (χ0v) is 11.2. The molecule has 0 aliphatic carbocycles. The molecule has 1 aromatic heterocycles. The Morgan fingerprint density at radius 1 is 1.40 bits per heavy atom. The quantitative estimate of drug-likeness (QED) is 0.645. The van der Waals surface area contributed by atoms with Gasteiger partial charge in [-0.15, -0.1) is 0 Å². The van der Waals surface area contributed by atoms with Gasteiger partial charge >= 0.3 is 5.69 Å². The molecule has 1 aromatic rings. The number of fused-ring (bicyclic) bond motifs is 2. The summed E-state index contributed by atoms with van der Waals surface area (Å²) >= 11 is 0. The lowest BCUT2D eigenvalue weighted by atomic mass is 9.98. The summed E-state index contributed by atoms with van der Waals surface area (Å²) in [7, 11) is 1.37. The first-order valence-electron chi connectivity index (χ1n) is 6.69. The van der Waals surface area contributed by atoms with E-state index in [2.05, 4.69) is 9.97 Å². The molecule has 0 spiro atoms. The maximum Gasteiger partial charge on any atom is 0.372 e. The van der Waals surface area contributed by atoms with Gasteiger partial charge in [0.2, 0.25) is 5.82 Å². The third-order valence-corrected chi connectivity index (χ3v) is 4.16. The van der Waals surface area contributed by atoms with Gasteiger partial charge in [0.15, 0.2) is 0 Å². The van der Waals surface area contributed by atoms with Crippen LogP contribution in [0.4, 0.5) is 11.5 Å². The molecule has 2 aliphatic rings. The molecule has 0 radical (unpaired) electrons. The molecule has 2 bridgehead atoms. The predicted molar refractivity (Wildman–Crippen MR) is 71.7 cm³/mol. The fraction of sp³-hybridized carbons (Fsp3) is 0.667. The van der Waals surface area contributed by atoms with E-state index in [0.717, 1.165) is 25.7 Å². The average Bonchev–Trinajstić information content (AvgIpc) is 2.69. The van der Waals surface area contributed by atoms with Crippen LogP contribution in [0.15, 0.2) is 6.33 Å². The van der Waals surface area contributed by atoms with E-state index in [-0.39, 0.29) is 29.7 Å². The lowest BCUT2D eigenvalue weighted by Crippen LogP contribution is -2.48. The number of piperidine rings is 1. The zero-order valence-electron chi connectivity index (χ0n) is 11.2. The Hall–Kier alpha value is -1.96. The molecule has 2 unspecified atom stereocenters. The van der Waals surface area contributed by atoms with Crippen molar-refractivity contribution in [2.45, 2.75) is 43.8 Å². The highest BCUT2D eigenvalue weighted by Gasteiger charge is 2.43. The molecule has 2 aliphatic heterocycles. The highest BCUT2D eigenvalue weighted by atomic mass is 16.6. The summed E-state index contributed by atoms with van der Waals surface area (Å²) in [5.41, 5.74) is 5.88. The van der Waals surface area contributed by atoms with Crippen LogP contribution in [-0.4, -0.2) is 40.1 Å². The van der Waals surface area contributed by atoms with Gasteiger partial charge in [0.1, 0.15) is 6.33 Å². The van der Waals surface area contributed by atoms with E-state index in [1.54, 1.807) is 0 Å². The van der Waals surface area contributed by atoms with Crippen molar-refractivity contribution in [1.29, 1.82) is 0 Å². The van der Waals surface area contributed by atoms with Crippen molar-refractivity contribution >= 4 is 11.5 Å². The number of rotatable bonds is 3. The van der Waals surface area contributed by atoms with E-state index in [4.69, 9.17) is 10.5 Å². The number of hydrogen-bond acceptors (Lipinski definition) is 7. The van der Waals surface area contributed by atoms with Gasteiger partial charge in [-0.25, -0.2) is 4.98 Å². The molecule has 2 N–H and O–H groups in total. The molecule has 2 fully saturated rings. The minimum Gasteiger partial charge on any atom is -0.476 e. The summed E-state index contributed by atoms with van der Waals surface area (Å²) in [6.45, 7) is 0. The van der Waals surface area contributed by atoms with Crippen LogP contribution in [0, 0.1) is 10.1 Å². The second-order valence-electron chi connectivity index (χ2n) is 5.34. The van der Waals surface area contributed by atoms with E-state index in [1.807, 2.05) is 4.90 Å². The van der Waals surface area contributed by atoms with Crippen LogP contribution in [0.3, 0.4) is 0 Å². The Morgan fingerprint density at radius 2 is 2.05 bits per heavy atom. The van der Waals surface area contributed by atoms with E-state index in [0.29, 0.717) is 5.82 Å². The molecule has 0 saturated carbocycles. The van der Waals surface area contributed by atoms with Crippen LogP contribution < -0.4 is 15.4 Å². The van der Waals surface area contributed by atoms with Crippen LogP contribution in [0.1, 0.15) is 25.7 Å². The van der Waals surface area contributed by atoms with Crippen LogP contribution in [0.5, 0.6) is 5.88 Å². The second kappa shape index (κ2) is 4.86. The SMILES string of the molecule is COc1ncnc(N2C3CCC2CC(N)C3)c1[N+](=O)[O-]. The Kier molecular flexibility index (Phi) is 3.17.